The molecule has 0 unspecified atom stereocenters. The van der Waals surface area contributed by atoms with Gasteiger partial charge in [-0.15, -0.1) is 11.6 Å². The van der Waals surface area contributed by atoms with Crippen molar-refractivity contribution >= 4 is 21.6 Å². The fourth-order valence-electron chi connectivity index (χ4n) is 1.68. The molecule has 1 saturated carbocycles. The van der Waals surface area contributed by atoms with Crippen molar-refractivity contribution in [3.63, 3.8) is 0 Å². The third kappa shape index (κ3) is 3.11. The van der Waals surface area contributed by atoms with Gasteiger partial charge in [-0.3, -0.25) is 0 Å². The number of sulfonamides is 1. The minimum atomic E-state index is -3.15. The Kier molecular flexibility index (Phi) is 3.83. The number of alkyl halides is 1. The Morgan fingerprint density at radius 3 is 2.29 bits per heavy atom. The zero-order chi connectivity index (χ0) is 10.8. The van der Waals surface area contributed by atoms with Crippen LogP contribution in [-0.4, -0.2) is 25.6 Å². The molecule has 1 fully saturated rings. The topological polar surface area (TPSA) is 46.2 Å². The van der Waals surface area contributed by atoms with Gasteiger partial charge in [0, 0.05) is 11.4 Å². The number of halogens is 1. The second kappa shape index (κ2) is 4.37. The Balaban J connectivity index is 2.58. The monoisotopic (exact) mass is 239 g/mol. The van der Waals surface area contributed by atoms with Gasteiger partial charge in [0.1, 0.15) is 0 Å². The maximum absolute atomic E-state index is 11.6. The highest BCUT2D eigenvalue weighted by Crippen LogP contribution is 2.33. The summed E-state index contributed by atoms with van der Waals surface area (Å²) in [6.07, 6.45) is 2.80. The molecule has 14 heavy (non-hydrogen) atoms. The molecule has 1 aliphatic carbocycles. The molecular weight excluding hydrogens is 222 g/mol. The lowest BCUT2D eigenvalue weighted by Gasteiger charge is -2.40. The van der Waals surface area contributed by atoms with Gasteiger partial charge in [-0.2, -0.15) is 0 Å². The van der Waals surface area contributed by atoms with Crippen LogP contribution in [0.4, 0.5) is 0 Å². The van der Waals surface area contributed by atoms with Crippen molar-refractivity contribution in [3.8, 4) is 0 Å². The number of nitrogens with one attached hydrogen (secondary N) is 1. The largest absolute Gasteiger partial charge is 0.212 e. The summed E-state index contributed by atoms with van der Waals surface area (Å²) in [5.74, 6) is 0.718. The van der Waals surface area contributed by atoms with E-state index in [1.165, 1.54) is 0 Å². The van der Waals surface area contributed by atoms with Gasteiger partial charge in [0.05, 0.1) is 5.75 Å². The fraction of sp³-hybridized carbons (Fsp3) is 1.00. The SMILES string of the molecule is CC(C)CS(=O)(=O)NC1(CCl)CCC1. The molecule has 0 amide bonds. The molecule has 0 atom stereocenters. The van der Waals surface area contributed by atoms with Crippen LogP contribution in [0.2, 0.25) is 0 Å². The molecule has 0 heterocycles. The average molecular weight is 240 g/mol. The lowest BCUT2D eigenvalue weighted by atomic mass is 9.79. The van der Waals surface area contributed by atoms with Crippen molar-refractivity contribution in [2.75, 3.05) is 11.6 Å². The van der Waals surface area contributed by atoms with Crippen LogP contribution in [0.5, 0.6) is 0 Å². The van der Waals surface area contributed by atoms with E-state index in [1.807, 2.05) is 13.8 Å². The smallest absolute Gasteiger partial charge is 0.212 e. The molecule has 1 N–H and O–H groups in total. The lowest BCUT2D eigenvalue weighted by Crippen LogP contribution is -2.55. The summed E-state index contributed by atoms with van der Waals surface area (Å²) < 4.78 is 26.0. The van der Waals surface area contributed by atoms with Crippen LogP contribution < -0.4 is 4.72 Å². The van der Waals surface area contributed by atoms with Crippen molar-refractivity contribution in [3.05, 3.63) is 0 Å². The Morgan fingerprint density at radius 2 is 2.00 bits per heavy atom. The van der Waals surface area contributed by atoms with Crippen molar-refractivity contribution in [1.29, 1.82) is 0 Å². The van der Waals surface area contributed by atoms with E-state index >= 15 is 0 Å². The molecule has 1 aliphatic rings. The molecule has 0 spiro atoms. The Morgan fingerprint density at radius 1 is 1.43 bits per heavy atom. The maximum atomic E-state index is 11.6. The van der Waals surface area contributed by atoms with Gasteiger partial charge in [-0.25, -0.2) is 13.1 Å². The van der Waals surface area contributed by atoms with Gasteiger partial charge in [-0.05, 0) is 25.2 Å². The van der Waals surface area contributed by atoms with Crippen LogP contribution in [0.1, 0.15) is 33.1 Å². The maximum Gasteiger partial charge on any atom is 0.212 e. The Labute approximate surface area is 91.3 Å². The average Bonchev–Trinajstić information content (AvgIpc) is 1.94. The van der Waals surface area contributed by atoms with Crippen LogP contribution in [0.25, 0.3) is 0 Å². The second-order valence-electron chi connectivity index (χ2n) is 4.54. The quantitative estimate of drug-likeness (QED) is 0.743. The van der Waals surface area contributed by atoms with E-state index in [4.69, 9.17) is 11.6 Å². The van der Waals surface area contributed by atoms with E-state index in [0.717, 1.165) is 19.3 Å². The van der Waals surface area contributed by atoms with E-state index in [0.29, 0.717) is 5.88 Å². The molecule has 84 valence electrons. The highest BCUT2D eigenvalue weighted by molar-refractivity contribution is 7.89. The van der Waals surface area contributed by atoms with Crippen molar-refractivity contribution in [2.24, 2.45) is 5.92 Å². The standard InChI is InChI=1S/C9H18ClNO2S/c1-8(2)6-14(12,13)11-9(7-10)4-3-5-9/h8,11H,3-7H2,1-2H3. The summed E-state index contributed by atoms with van der Waals surface area (Å²) >= 11 is 5.78. The molecule has 1 rings (SSSR count). The van der Waals surface area contributed by atoms with Gasteiger partial charge in [-0.1, -0.05) is 13.8 Å². The van der Waals surface area contributed by atoms with Gasteiger partial charge >= 0.3 is 0 Å². The molecule has 0 saturated heterocycles. The van der Waals surface area contributed by atoms with Crippen LogP contribution in [0, 0.1) is 5.92 Å². The third-order valence-electron chi connectivity index (χ3n) is 2.49. The second-order valence-corrected chi connectivity index (χ2v) is 6.58. The van der Waals surface area contributed by atoms with E-state index in [-0.39, 0.29) is 17.2 Å². The van der Waals surface area contributed by atoms with Gasteiger partial charge < -0.3 is 0 Å². The lowest BCUT2D eigenvalue weighted by molar-refractivity contribution is 0.252. The molecule has 0 aromatic rings. The van der Waals surface area contributed by atoms with E-state index < -0.39 is 10.0 Å². The minimum absolute atomic E-state index is 0.153. The van der Waals surface area contributed by atoms with Crippen LogP contribution in [-0.2, 0) is 10.0 Å². The molecular formula is C9H18ClNO2S. The van der Waals surface area contributed by atoms with Gasteiger partial charge in [0.2, 0.25) is 10.0 Å². The van der Waals surface area contributed by atoms with E-state index in [9.17, 15) is 8.42 Å². The first-order chi connectivity index (χ1) is 6.39. The normalized spacial score (nSPS) is 20.9. The summed E-state index contributed by atoms with van der Waals surface area (Å²) in [7, 11) is -3.15. The predicted molar refractivity (Wildman–Crippen MR) is 59.1 cm³/mol. The Bertz CT molecular complexity index is 278. The summed E-state index contributed by atoms with van der Waals surface area (Å²) in [5.41, 5.74) is -0.338. The van der Waals surface area contributed by atoms with Crippen LogP contribution in [0.15, 0.2) is 0 Å². The zero-order valence-corrected chi connectivity index (χ0v) is 10.3. The van der Waals surface area contributed by atoms with E-state index in [1.54, 1.807) is 0 Å². The third-order valence-corrected chi connectivity index (χ3v) is 4.85. The van der Waals surface area contributed by atoms with Crippen LogP contribution >= 0.6 is 11.6 Å². The minimum Gasteiger partial charge on any atom is -0.212 e. The highest BCUT2D eigenvalue weighted by atomic mass is 35.5. The first kappa shape index (κ1) is 12.3. The first-order valence-electron chi connectivity index (χ1n) is 4.97. The highest BCUT2D eigenvalue weighted by Gasteiger charge is 2.39. The summed E-state index contributed by atoms with van der Waals surface area (Å²) in [6.45, 7) is 3.79. The van der Waals surface area contributed by atoms with Crippen molar-refractivity contribution < 1.29 is 8.42 Å². The van der Waals surface area contributed by atoms with Crippen LogP contribution in [0.3, 0.4) is 0 Å². The molecule has 3 nitrogen and oxygen atoms in total. The molecule has 0 aliphatic heterocycles. The first-order valence-corrected chi connectivity index (χ1v) is 7.15. The fourth-order valence-corrected chi connectivity index (χ4v) is 3.99. The van der Waals surface area contributed by atoms with E-state index in [2.05, 4.69) is 4.72 Å². The van der Waals surface area contributed by atoms with Gasteiger partial charge in [0.25, 0.3) is 0 Å². The van der Waals surface area contributed by atoms with Crippen molar-refractivity contribution in [1.82, 2.24) is 4.72 Å². The summed E-state index contributed by atoms with van der Waals surface area (Å²) in [5, 5.41) is 0. The zero-order valence-electron chi connectivity index (χ0n) is 8.72. The molecule has 0 bridgehead atoms. The molecule has 0 aromatic heterocycles. The predicted octanol–water partition coefficient (Wildman–Crippen LogP) is 1.72. The summed E-state index contributed by atoms with van der Waals surface area (Å²) in [4.78, 5) is 0. The Hall–Kier alpha value is 0.200. The summed E-state index contributed by atoms with van der Waals surface area (Å²) in [6, 6.07) is 0. The number of hydrogen-bond acceptors (Lipinski definition) is 2. The number of rotatable bonds is 5. The van der Waals surface area contributed by atoms with Crippen molar-refractivity contribution in [2.45, 2.75) is 38.6 Å². The molecule has 0 radical (unpaired) electrons. The number of hydrogen-bond donors (Lipinski definition) is 1. The van der Waals surface area contributed by atoms with Gasteiger partial charge in [0.15, 0.2) is 0 Å². The molecule has 0 aromatic carbocycles. The molecule has 5 heteroatoms.